The Morgan fingerprint density at radius 3 is 2.64 bits per heavy atom. The summed E-state index contributed by atoms with van der Waals surface area (Å²) in [6.45, 7) is 0. The Hall–Kier alpha value is -2.69. The SMILES string of the molecule is Nc1ccc(CC(=S)Cc2nonc2C(=Nc2ccc(F)c(Br)c2)NO)cc1. The zero-order valence-corrected chi connectivity index (χ0v) is 16.8. The summed E-state index contributed by atoms with van der Waals surface area (Å²) in [7, 11) is 0. The number of rotatable bonds is 6. The van der Waals surface area contributed by atoms with Crippen molar-refractivity contribution in [1.82, 2.24) is 15.8 Å². The summed E-state index contributed by atoms with van der Waals surface area (Å²) < 4.78 is 18.4. The van der Waals surface area contributed by atoms with Crippen LogP contribution >= 0.6 is 28.1 Å². The van der Waals surface area contributed by atoms with E-state index in [1.54, 1.807) is 0 Å². The van der Waals surface area contributed by atoms with Crippen LogP contribution in [0.3, 0.4) is 0 Å². The molecule has 0 radical (unpaired) electrons. The van der Waals surface area contributed by atoms with E-state index in [0.29, 0.717) is 34.8 Å². The van der Waals surface area contributed by atoms with Crippen molar-refractivity contribution < 1.29 is 14.2 Å². The van der Waals surface area contributed by atoms with Crippen LogP contribution < -0.4 is 11.2 Å². The molecular formula is C18H15BrFN5O2S. The summed E-state index contributed by atoms with van der Waals surface area (Å²) in [5.74, 6) is -0.417. The predicted octanol–water partition coefficient (Wildman–Crippen LogP) is 3.77. The molecule has 1 heterocycles. The van der Waals surface area contributed by atoms with E-state index in [1.807, 2.05) is 29.7 Å². The highest BCUT2D eigenvalue weighted by molar-refractivity contribution is 9.10. The first-order chi connectivity index (χ1) is 13.5. The predicted molar refractivity (Wildman–Crippen MR) is 110 cm³/mol. The van der Waals surface area contributed by atoms with Crippen LogP contribution in [0.1, 0.15) is 17.0 Å². The number of hydrogen-bond acceptors (Lipinski definition) is 7. The van der Waals surface area contributed by atoms with Gasteiger partial charge in [0.2, 0.25) is 0 Å². The summed E-state index contributed by atoms with van der Waals surface area (Å²) >= 11 is 8.54. The Morgan fingerprint density at radius 2 is 1.96 bits per heavy atom. The summed E-state index contributed by atoms with van der Waals surface area (Å²) in [6.07, 6.45) is 0.845. The molecule has 0 bridgehead atoms. The van der Waals surface area contributed by atoms with E-state index >= 15 is 0 Å². The third-order valence-electron chi connectivity index (χ3n) is 3.78. The summed E-state index contributed by atoms with van der Waals surface area (Å²) in [6, 6.07) is 11.6. The number of aromatic nitrogens is 2. The molecular weight excluding hydrogens is 449 g/mol. The number of nitrogens with zero attached hydrogens (tertiary/aromatic N) is 3. The number of anilines is 1. The van der Waals surface area contributed by atoms with Gasteiger partial charge in [-0.05, 0) is 57.0 Å². The zero-order chi connectivity index (χ0) is 20.1. The van der Waals surface area contributed by atoms with E-state index in [2.05, 4.69) is 31.2 Å². The minimum Gasteiger partial charge on any atom is -0.399 e. The van der Waals surface area contributed by atoms with E-state index in [4.69, 9.17) is 22.6 Å². The molecule has 10 heteroatoms. The number of nitrogens with one attached hydrogen (secondary N) is 1. The Balaban J connectivity index is 1.79. The first-order valence-electron chi connectivity index (χ1n) is 8.08. The molecule has 0 spiro atoms. The molecule has 2 aromatic carbocycles. The van der Waals surface area contributed by atoms with Crippen LogP contribution in [-0.2, 0) is 12.8 Å². The van der Waals surface area contributed by atoms with Gasteiger partial charge in [0.05, 0.1) is 10.2 Å². The van der Waals surface area contributed by atoms with E-state index in [9.17, 15) is 9.60 Å². The Bertz CT molecular complexity index is 1020. The number of benzene rings is 2. The standard InChI is InChI=1S/C18H15BrFN5O2S/c19-14-8-12(5-6-15(14)20)22-18(23-26)17-16(24-27-25-17)9-13(28)7-10-1-3-11(21)4-2-10/h1-6,8,26H,7,9,21H2,(H,22,23). The molecule has 1 aromatic heterocycles. The maximum atomic E-state index is 13.4. The molecule has 144 valence electrons. The fourth-order valence-corrected chi connectivity index (χ4v) is 3.10. The fraction of sp³-hybridized carbons (Fsp3) is 0.111. The van der Waals surface area contributed by atoms with Crippen molar-refractivity contribution in [2.24, 2.45) is 4.99 Å². The van der Waals surface area contributed by atoms with Crippen molar-refractivity contribution in [3.63, 3.8) is 0 Å². The molecule has 0 aliphatic heterocycles. The third-order valence-corrected chi connectivity index (χ3v) is 4.67. The number of halogens is 2. The number of nitrogen functional groups attached to an aromatic ring is 1. The van der Waals surface area contributed by atoms with Crippen LogP contribution in [0.4, 0.5) is 15.8 Å². The van der Waals surface area contributed by atoms with Crippen LogP contribution in [0.15, 0.2) is 56.6 Å². The quantitative estimate of drug-likeness (QED) is 0.168. The Morgan fingerprint density at radius 1 is 1.21 bits per heavy atom. The van der Waals surface area contributed by atoms with E-state index < -0.39 is 5.82 Å². The highest BCUT2D eigenvalue weighted by Gasteiger charge is 2.18. The second-order valence-corrected chi connectivity index (χ2v) is 7.30. The number of nitrogens with two attached hydrogens (primary N) is 1. The van der Waals surface area contributed by atoms with E-state index in [0.717, 1.165) is 5.56 Å². The highest BCUT2D eigenvalue weighted by Crippen LogP contribution is 2.23. The van der Waals surface area contributed by atoms with Crippen LogP contribution in [-0.4, -0.2) is 26.2 Å². The van der Waals surface area contributed by atoms with E-state index in [-0.39, 0.29) is 16.0 Å². The van der Waals surface area contributed by atoms with Crippen molar-refractivity contribution in [3.05, 3.63) is 69.7 Å². The largest absolute Gasteiger partial charge is 0.399 e. The average molecular weight is 464 g/mol. The van der Waals surface area contributed by atoms with Gasteiger partial charge in [0.15, 0.2) is 11.5 Å². The van der Waals surface area contributed by atoms with Gasteiger partial charge in [-0.25, -0.2) is 14.0 Å². The third kappa shape index (κ3) is 4.97. The molecule has 0 saturated heterocycles. The molecule has 3 aromatic rings. The second-order valence-electron chi connectivity index (χ2n) is 5.86. The minimum atomic E-state index is -0.422. The molecule has 28 heavy (non-hydrogen) atoms. The highest BCUT2D eigenvalue weighted by atomic mass is 79.9. The minimum absolute atomic E-state index is 0.00467. The molecule has 0 aliphatic carbocycles. The van der Waals surface area contributed by atoms with Gasteiger partial charge in [0.1, 0.15) is 11.5 Å². The van der Waals surface area contributed by atoms with Gasteiger partial charge < -0.3 is 5.73 Å². The van der Waals surface area contributed by atoms with Crippen LogP contribution in [0.2, 0.25) is 0 Å². The second kappa shape index (κ2) is 9.00. The number of hydroxylamine groups is 1. The first kappa shape index (κ1) is 20.1. The first-order valence-corrected chi connectivity index (χ1v) is 9.28. The van der Waals surface area contributed by atoms with Crippen molar-refractivity contribution >= 4 is 50.2 Å². The maximum Gasteiger partial charge on any atom is 0.182 e. The molecule has 0 saturated carbocycles. The lowest BCUT2D eigenvalue weighted by molar-refractivity contribution is 0.234. The lowest BCUT2D eigenvalue weighted by atomic mass is 10.1. The van der Waals surface area contributed by atoms with Gasteiger partial charge in [-0.3, -0.25) is 10.7 Å². The molecule has 0 atom stereocenters. The topological polar surface area (TPSA) is 110 Å². The van der Waals surface area contributed by atoms with Crippen molar-refractivity contribution in [2.75, 3.05) is 5.73 Å². The average Bonchev–Trinajstić information content (AvgIpc) is 3.12. The van der Waals surface area contributed by atoms with Crippen LogP contribution in [0, 0.1) is 5.82 Å². The van der Waals surface area contributed by atoms with Gasteiger partial charge in [0.25, 0.3) is 0 Å². The van der Waals surface area contributed by atoms with Crippen LogP contribution in [0.25, 0.3) is 0 Å². The Labute approximate surface area is 173 Å². The van der Waals surface area contributed by atoms with Crippen molar-refractivity contribution in [3.8, 4) is 0 Å². The molecule has 0 aliphatic rings. The smallest absolute Gasteiger partial charge is 0.182 e. The van der Waals surface area contributed by atoms with Gasteiger partial charge in [-0.1, -0.05) is 29.5 Å². The normalized spacial score (nSPS) is 11.5. The lowest BCUT2D eigenvalue weighted by Gasteiger charge is -2.06. The van der Waals surface area contributed by atoms with Gasteiger partial charge in [0, 0.05) is 23.4 Å². The number of amidine groups is 1. The van der Waals surface area contributed by atoms with E-state index in [1.165, 1.54) is 18.2 Å². The molecule has 0 fully saturated rings. The lowest BCUT2D eigenvalue weighted by Crippen LogP contribution is -2.22. The number of aliphatic imine (C=N–C) groups is 1. The molecule has 4 N–H and O–H groups in total. The molecule has 3 rings (SSSR count). The molecule has 0 unspecified atom stereocenters. The Kier molecular flexibility index (Phi) is 6.45. The fourth-order valence-electron chi connectivity index (χ4n) is 2.43. The van der Waals surface area contributed by atoms with Gasteiger partial charge in [-0.2, -0.15) is 0 Å². The maximum absolute atomic E-state index is 13.4. The van der Waals surface area contributed by atoms with Crippen LogP contribution in [0.5, 0.6) is 0 Å². The number of thiocarbonyl (C=S) groups is 1. The van der Waals surface area contributed by atoms with Gasteiger partial charge >= 0.3 is 0 Å². The summed E-state index contributed by atoms with van der Waals surface area (Å²) in [4.78, 5) is 4.92. The molecule has 7 nitrogen and oxygen atoms in total. The monoisotopic (exact) mass is 463 g/mol. The summed E-state index contributed by atoms with van der Waals surface area (Å²) in [5.41, 5.74) is 10.4. The van der Waals surface area contributed by atoms with Gasteiger partial charge in [-0.15, -0.1) is 0 Å². The number of hydrogen-bond donors (Lipinski definition) is 3. The zero-order valence-electron chi connectivity index (χ0n) is 14.4. The van der Waals surface area contributed by atoms with Crippen molar-refractivity contribution in [1.29, 1.82) is 0 Å². The summed E-state index contributed by atoms with van der Waals surface area (Å²) in [5, 5.41) is 17.1. The molecule has 0 amide bonds. The van der Waals surface area contributed by atoms with Crippen molar-refractivity contribution in [2.45, 2.75) is 12.8 Å².